The quantitative estimate of drug-likeness (QED) is 0.443. The lowest BCUT2D eigenvalue weighted by Gasteiger charge is -2.16. The van der Waals surface area contributed by atoms with E-state index in [0.717, 1.165) is 27.6 Å². The van der Waals surface area contributed by atoms with Gasteiger partial charge in [0.25, 0.3) is 0 Å². The van der Waals surface area contributed by atoms with Gasteiger partial charge in [-0.3, -0.25) is 4.98 Å². The van der Waals surface area contributed by atoms with Gasteiger partial charge in [-0.05, 0) is 59.9 Å². The number of benzene rings is 1. The highest BCUT2D eigenvalue weighted by Crippen LogP contribution is 2.38. The molecule has 142 valence electrons. The minimum atomic E-state index is 0.462. The first kappa shape index (κ1) is 19.4. The summed E-state index contributed by atoms with van der Waals surface area (Å²) in [7, 11) is 0. The highest BCUT2D eigenvalue weighted by atomic mass is 32.1. The van der Waals surface area contributed by atoms with Crippen LogP contribution in [0.25, 0.3) is 21.0 Å². The maximum atomic E-state index is 6.05. The molecular weight excluding hydrogens is 354 g/mol. The molecule has 0 fully saturated rings. The lowest BCUT2D eigenvalue weighted by molar-refractivity contribution is 0.229. The molecule has 0 saturated heterocycles. The van der Waals surface area contributed by atoms with Crippen molar-refractivity contribution in [1.29, 1.82) is 0 Å². The van der Waals surface area contributed by atoms with E-state index in [1.807, 2.05) is 30.5 Å². The summed E-state index contributed by atoms with van der Waals surface area (Å²) in [6.45, 7) is 9.95. The summed E-state index contributed by atoms with van der Waals surface area (Å²) in [5.41, 5.74) is 2.14. The number of nitrogens with zero attached hydrogens (tertiary/aromatic N) is 1. The first-order valence-electron chi connectivity index (χ1n) is 9.44. The van der Waals surface area contributed by atoms with Gasteiger partial charge in [0.1, 0.15) is 0 Å². The lowest BCUT2D eigenvalue weighted by Crippen LogP contribution is -2.08. The molecule has 0 N–H and O–H groups in total. The number of hydrogen-bond donors (Lipinski definition) is 0. The Kier molecular flexibility index (Phi) is 6.51. The minimum Gasteiger partial charge on any atom is -0.489 e. The summed E-state index contributed by atoms with van der Waals surface area (Å²) in [6, 6.07) is 16.5. The normalized spacial score (nSPS) is 11.2. The molecule has 27 heavy (non-hydrogen) atoms. The molecular formula is C23H27NO2S. The fourth-order valence-corrected chi connectivity index (χ4v) is 3.52. The van der Waals surface area contributed by atoms with Crippen LogP contribution in [0.1, 0.15) is 27.7 Å². The standard InChI is InChI=1S/C23H27NO2S/c1-16(2)14-25-20-9-8-18(13-21(20)26-15-17(3)4)22-10-11-23(27-22)19-7-5-6-12-24-19/h5-13,16-17H,14-15H2,1-4H3. The highest BCUT2D eigenvalue weighted by molar-refractivity contribution is 7.18. The predicted molar refractivity (Wildman–Crippen MR) is 114 cm³/mol. The maximum absolute atomic E-state index is 6.05. The van der Waals surface area contributed by atoms with Gasteiger partial charge < -0.3 is 9.47 Å². The maximum Gasteiger partial charge on any atom is 0.161 e. The van der Waals surface area contributed by atoms with Crippen LogP contribution in [0.4, 0.5) is 0 Å². The third-order valence-electron chi connectivity index (χ3n) is 3.90. The van der Waals surface area contributed by atoms with Gasteiger partial charge >= 0.3 is 0 Å². The van der Waals surface area contributed by atoms with E-state index in [2.05, 4.69) is 56.9 Å². The van der Waals surface area contributed by atoms with Gasteiger partial charge in [0, 0.05) is 11.1 Å². The van der Waals surface area contributed by atoms with Crippen molar-refractivity contribution in [2.24, 2.45) is 11.8 Å². The summed E-state index contributed by atoms with van der Waals surface area (Å²) >= 11 is 1.74. The van der Waals surface area contributed by atoms with Gasteiger partial charge in [-0.15, -0.1) is 11.3 Å². The summed E-state index contributed by atoms with van der Waals surface area (Å²) in [5, 5.41) is 0. The van der Waals surface area contributed by atoms with Gasteiger partial charge in [-0.2, -0.15) is 0 Å². The van der Waals surface area contributed by atoms with Crippen molar-refractivity contribution >= 4 is 11.3 Å². The number of rotatable bonds is 8. The Morgan fingerprint density at radius 2 is 1.52 bits per heavy atom. The van der Waals surface area contributed by atoms with Crippen molar-refractivity contribution in [1.82, 2.24) is 4.98 Å². The van der Waals surface area contributed by atoms with Gasteiger partial charge in [0.2, 0.25) is 0 Å². The van der Waals surface area contributed by atoms with Crippen LogP contribution in [0.15, 0.2) is 54.7 Å². The number of thiophene rings is 1. The molecule has 4 heteroatoms. The molecule has 3 nitrogen and oxygen atoms in total. The van der Waals surface area contributed by atoms with Crippen molar-refractivity contribution < 1.29 is 9.47 Å². The first-order chi connectivity index (χ1) is 13.0. The monoisotopic (exact) mass is 381 g/mol. The Morgan fingerprint density at radius 3 is 2.19 bits per heavy atom. The average molecular weight is 382 g/mol. The van der Waals surface area contributed by atoms with Gasteiger partial charge in [0.05, 0.1) is 23.8 Å². The zero-order valence-corrected chi connectivity index (χ0v) is 17.3. The second-order valence-electron chi connectivity index (χ2n) is 7.45. The summed E-state index contributed by atoms with van der Waals surface area (Å²) in [4.78, 5) is 6.80. The van der Waals surface area contributed by atoms with Crippen LogP contribution >= 0.6 is 11.3 Å². The Morgan fingerprint density at radius 1 is 0.815 bits per heavy atom. The molecule has 2 heterocycles. The second-order valence-corrected chi connectivity index (χ2v) is 8.53. The van der Waals surface area contributed by atoms with E-state index in [-0.39, 0.29) is 0 Å². The zero-order valence-electron chi connectivity index (χ0n) is 16.4. The van der Waals surface area contributed by atoms with Crippen LogP contribution in [0.3, 0.4) is 0 Å². The lowest BCUT2D eigenvalue weighted by atomic mass is 10.1. The predicted octanol–water partition coefficient (Wildman–Crippen LogP) is 6.55. The van der Waals surface area contributed by atoms with Crippen LogP contribution in [-0.2, 0) is 0 Å². The molecule has 0 unspecified atom stereocenters. The number of pyridine rings is 1. The molecule has 0 bridgehead atoms. The Bertz CT molecular complexity index is 856. The molecule has 3 rings (SSSR count). The van der Waals surface area contributed by atoms with E-state index in [9.17, 15) is 0 Å². The third kappa shape index (κ3) is 5.33. The van der Waals surface area contributed by atoms with Crippen molar-refractivity contribution in [3.63, 3.8) is 0 Å². The summed E-state index contributed by atoms with van der Waals surface area (Å²) in [6.07, 6.45) is 1.83. The first-order valence-corrected chi connectivity index (χ1v) is 10.3. The molecule has 0 aliphatic heterocycles. The molecule has 1 aromatic carbocycles. The molecule has 2 aromatic heterocycles. The molecule has 3 aromatic rings. The molecule has 0 saturated carbocycles. The van der Waals surface area contributed by atoms with Crippen LogP contribution in [-0.4, -0.2) is 18.2 Å². The number of aromatic nitrogens is 1. The smallest absolute Gasteiger partial charge is 0.161 e. The molecule has 0 amide bonds. The van der Waals surface area contributed by atoms with Gasteiger partial charge in [0.15, 0.2) is 11.5 Å². The Balaban J connectivity index is 1.87. The largest absolute Gasteiger partial charge is 0.489 e. The average Bonchev–Trinajstić information content (AvgIpc) is 3.16. The molecule has 0 aliphatic rings. The molecule has 0 radical (unpaired) electrons. The van der Waals surface area contributed by atoms with Crippen molar-refractivity contribution in [3.05, 3.63) is 54.7 Å². The Labute approximate surface area is 166 Å². The highest BCUT2D eigenvalue weighted by Gasteiger charge is 2.12. The molecule has 0 spiro atoms. The van der Waals surface area contributed by atoms with Crippen LogP contribution in [0, 0.1) is 11.8 Å². The topological polar surface area (TPSA) is 31.4 Å². The zero-order chi connectivity index (χ0) is 19.2. The summed E-state index contributed by atoms with van der Waals surface area (Å²) < 4.78 is 12.0. The summed E-state index contributed by atoms with van der Waals surface area (Å²) in [5.74, 6) is 2.56. The molecule has 0 atom stereocenters. The minimum absolute atomic E-state index is 0.462. The van der Waals surface area contributed by atoms with E-state index in [1.54, 1.807) is 11.3 Å². The van der Waals surface area contributed by atoms with Gasteiger partial charge in [-0.1, -0.05) is 33.8 Å². The van der Waals surface area contributed by atoms with Crippen LogP contribution < -0.4 is 9.47 Å². The van der Waals surface area contributed by atoms with E-state index in [1.165, 1.54) is 4.88 Å². The van der Waals surface area contributed by atoms with E-state index >= 15 is 0 Å². The van der Waals surface area contributed by atoms with Crippen LogP contribution in [0.5, 0.6) is 11.5 Å². The van der Waals surface area contributed by atoms with E-state index in [4.69, 9.17) is 9.47 Å². The SMILES string of the molecule is CC(C)COc1ccc(-c2ccc(-c3ccccn3)s2)cc1OCC(C)C. The van der Waals surface area contributed by atoms with E-state index < -0.39 is 0 Å². The van der Waals surface area contributed by atoms with Gasteiger partial charge in [-0.25, -0.2) is 0 Å². The Hall–Kier alpha value is -2.33. The fourth-order valence-electron chi connectivity index (χ4n) is 2.55. The van der Waals surface area contributed by atoms with Crippen LogP contribution in [0.2, 0.25) is 0 Å². The van der Waals surface area contributed by atoms with Crippen molar-refractivity contribution in [2.75, 3.05) is 13.2 Å². The van der Waals surface area contributed by atoms with Crippen molar-refractivity contribution in [3.8, 4) is 32.5 Å². The fraction of sp³-hybridized carbons (Fsp3) is 0.348. The van der Waals surface area contributed by atoms with E-state index in [0.29, 0.717) is 25.0 Å². The number of ether oxygens (including phenoxy) is 2. The second kappa shape index (κ2) is 9.05. The molecule has 0 aliphatic carbocycles. The number of hydrogen-bond acceptors (Lipinski definition) is 4. The third-order valence-corrected chi connectivity index (χ3v) is 5.05. The van der Waals surface area contributed by atoms with Crippen molar-refractivity contribution in [2.45, 2.75) is 27.7 Å².